The van der Waals surface area contributed by atoms with Crippen LogP contribution in [0, 0.1) is 0 Å². The second-order valence-electron chi connectivity index (χ2n) is 5.26. The smallest absolute Gasteiger partial charge is 0.161 e. The van der Waals surface area contributed by atoms with Crippen LogP contribution in [-0.2, 0) is 6.42 Å². The highest BCUT2D eigenvalue weighted by Gasteiger charge is 2.22. The molecule has 2 saturated heterocycles. The molecule has 1 unspecified atom stereocenters. The predicted molar refractivity (Wildman–Crippen MR) is 79.5 cm³/mol. The zero-order valence-corrected chi connectivity index (χ0v) is 12.2. The molecule has 2 aliphatic rings. The quantitative estimate of drug-likeness (QED) is 0.897. The van der Waals surface area contributed by atoms with Crippen LogP contribution in [0.3, 0.4) is 0 Å². The lowest BCUT2D eigenvalue weighted by molar-refractivity contribution is 0.228. The highest BCUT2D eigenvalue weighted by molar-refractivity contribution is 8.00. The van der Waals surface area contributed by atoms with Gasteiger partial charge in [0.25, 0.3) is 0 Å². The Balaban J connectivity index is 1.71. The molecule has 19 heavy (non-hydrogen) atoms. The summed E-state index contributed by atoms with van der Waals surface area (Å²) in [6.07, 6.45) is 4.02. The van der Waals surface area contributed by atoms with Gasteiger partial charge < -0.3 is 14.8 Å². The molecule has 0 aliphatic carbocycles. The standard InChI is InChI=1S/C15H21NO2S/c1-17-14-5-4-11(7-12-3-2-6-16-12)8-15(14)18-13-9-19-10-13/h4-5,8,12-13,16H,2-3,6-7,9-10H2,1H3. The molecule has 0 amide bonds. The summed E-state index contributed by atoms with van der Waals surface area (Å²) in [5, 5.41) is 3.54. The second kappa shape index (κ2) is 6.06. The Bertz CT molecular complexity index is 428. The predicted octanol–water partition coefficient (Wildman–Crippen LogP) is 2.48. The van der Waals surface area contributed by atoms with Crippen molar-refractivity contribution in [3.63, 3.8) is 0 Å². The Morgan fingerprint density at radius 2 is 2.21 bits per heavy atom. The van der Waals surface area contributed by atoms with Crippen LogP contribution in [0.2, 0.25) is 0 Å². The van der Waals surface area contributed by atoms with Crippen LogP contribution < -0.4 is 14.8 Å². The number of ether oxygens (including phenoxy) is 2. The molecule has 0 bridgehead atoms. The van der Waals surface area contributed by atoms with Crippen molar-refractivity contribution in [3.8, 4) is 11.5 Å². The minimum absolute atomic E-state index is 0.360. The first-order valence-electron chi connectivity index (χ1n) is 7.00. The molecule has 0 spiro atoms. The van der Waals surface area contributed by atoms with E-state index in [1.165, 1.54) is 18.4 Å². The fraction of sp³-hybridized carbons (Fsp3) is 0.600. The summed E-state index contributed by atoms with van der Waals surface area (Å²) < 4.78 is 11.4. The average molecular weight is 279 g/mol. The van der Waals surface area contributed by atoms with Gasteiger partial charge in [-0.15, -0.1) is 0 Å². The van der Waals surface area contributed by atoms with Crippen molar-refractivity contribution in [3.05, 3.63) is 23.8 Å². The largest absolute Gasteiger partial charge is 0.493 e. The van der Waals surface area contributed by atoms with Crippen molar-refractivity contribution >= 4 is 11.8 Å². The first-order chi connectivity index (χ1) is 9.35. The van der Waals surface area contributed by atoms with Gasteiger partial charge >= 0.3 is 0 Å². The third kappa shape index (κ3) is 3.18. The normalized spacial score (nSPS) is 23.1. The Morgan fingerprint density at radius 1 is 1.32 bits per heavy atom. The number of hydrogen-bond acceptors (Lipinski definition) is 4. The van der Waals surface area contributed by atoms with Crippen LogP contribution in [-0.4, -0.2) is 37.3 Å². The third-order valence-corrected chi connectivity index (χ3v) is 4.99. The molecule has 3 rings (SSSR count). The van der Waals surface area contributed by atoms with Gasteiger partial charge in [-0.2, -0.15) is 11.8 Å². The first-order valence-corrected chi connectivity index (χ1v) is 8.15. The van der Waals surface area contributed by atoms with Crippen molar-refractivity contribution in [2.24, 2.45) is 0 Å². The minimum Gasteiger partial charge on any atom is -0.493 e. The molecule has 104 valence electrons. The zero-order chi connectivity index (χ0) is 13.1. The van der Waals surface area contributed by atoms with Crippen LogP contribution in [0.25, 0.3) is 0 Å². The lowest BCUT2D eigenvalue weighted by Crippen LogP contribution is -2.31. The maximum atomic E-state index is 6.01. The number of thioether (sulfide) groups is 1. The molecular weight excluding hydrogens is 258 g/mol. The van der Waals surface area contributed by atoms with Crippen molar-refractivity contribution in [2.75, 3.05) is 25.2 Å². The summed E-state index contributed by atoms with van der Waals surface area (Å²) in [5.41, 5.74) is 1.34. The molecule has 2 heterocycles. The molecule has 2 aliphatic heterocycles. The number of rotatable bonds is 5. The first kappa shape index (κ1) is 13.1. The lowest BCUT2D eigenvalue weighted by Gasteiger charge is -2.27. The van der Waals surface area contributed by atoms with E-state index < -0.39 is 0 Å². The van der Waals surface area contributed by atoms with Crippen molar-refractivity contribution in [1.82, 2.24) is 5.32 Å². The Kier molecular flexibility index (Phi) is 4.18. The van der Waals surface area contributed by atoms with Gasteiger partial charge in [0.1, 0.15) is 6.10 Å². The van der Waals surface area contributed by atoms with E-state index in [-0.39, 0.29) is 0 Å². The van der Waals surface area contributed by atoms with Gasteiger partial charge in [0.2, 0.25) is 0 Å². The molecule has 0 radical (unpaired) electrons. The van der Waals surface area contributed by atoms with E-state index in [1.54, 1.807) is 7.11 Å². The fourth-order valence-electron chi connectivity index (χ4n) is 2.62. The van der Waals surface area contributed by atoms with Crippen LogP contribution >= 0.6 is 11.8 Å². The number of nitrogens with one attached hydrogen (secondary N) is 1. The average Bonchev–Trinajstić information content (AvgIpc) is 2.87. The Labute approximate surface area is 119 Å². The molecule has 3 nitrogen and oxygen atoms in total. The van der Waals surface area contributed by atoms with E-state index in [0.29, 0.717) is 12.1 Å². The number of benzene rings is 1. The summed E-state index contributed by atoms with van der Waals surface area (Å²) in [5.74, 6) is 3.94. The summed E-state index contributed by atoms with van der Waals surface area (Å²) in [6, 6.07) is 6.97. The zero-order valence-electron chi connectivity index (χ0n) is 11.4. The molecule has 1 aromatic carbocycles. The molecule has 0 saturated carbocycles. The van der Waals surface area contributed by atoms with Gasteiger partial charge in [-0.1, -0.05) is 6.07 Å². The van der Waals surface area contributed by atoms with Gasteiger partial charge in [-0.3, -0.25) is 0 Å². The van der Waals surface area contributed by atoms with Crippen molar-refractivity contribution < 1.29 is 9.47 Å². The molecule has 1 N–H and O–H groups in total. The van der Waals surface area contributed by atoms with Crippen LogP contribution in [0.1, 0.15) is 18.4 Å². The highest BCUT2D eigenvalue weighted by Crippen LogP contribution is 2.32. The van der Waals surface area contributed by atoms with Crippen LogP contribution in [0.15, 0.2) is 18.2 Å². The van der Waals surface area contributed by atoms with E-state index in [4.69, 9.17) is 9.47 Å². The molecular formula is C15H21NO2S. The maximum absolute atomic E-state index is 6.01. The molecule has 1 atom stereocenters. The SMILES string of the molecule is COc1ccc(CC2CCCN2)cc1OC1CSC1. The summed E-state index contributed by atoms with van der Waals surface area (Å²) in [6.45, 7) is 1.16. The lowest BCUT2D eigenvalue weighted by atomic mass is 10.0. The minimum atomic E-state index is 0.360. The second-order valence-corrected chi connectivity index (χ2v) is 6.33. The van der Waals surface area contributed by atoms with E-state index in [0.717, 1.165) is 36.0 Å². The van der Waals surface area contributed by atoms with Crippen LogP contribution in [0.4, 0.5) is 0 Å². The van der Waals surface area contributed by atoms with Crippen molar-refractivity contribution in [1.29, 1.82) is 0 Å². The molecule has 4 heteroatoms. The van der Waals surface area contributed by atoms with E-state index >= 15 is 0 Å². The monoisotopic (exact) mass is 279 g/mol. The summed E-state index contributed by atoms with van der Waals surface area (Å²) in [4.78, 5) is 0. The van der Waals surface area contributed by atoms with Crippen LogP contribution in [0.5, 0.6) is 11.5 Å². The van der Waals surface area contributed by atoms with Crippen molar-refractivity contribution in [2.45, 2.75) is 31.4 Å². The van der Waals surface area contributed by atoms with Gasteiger partial charge in [-0.05, 0) is 43.5 Å². The van der Waals surface area contributed by atoms with E-state index in [1.807, 2.05) is 17.8 Å². The van der Waals surface area contributed by atoms with Gasteiger partial charge in [0.05, 0.1) is 7.11 Å². The van der Waals surface area contributed by atoms with Gasteiger partial charge in [0, 0.05) is 17.5 Å². The summed E-state index contributed by atoms with van der Waals surface area (Å²) >= 11 is 1.93. The topological polar surface area (TPSA) is 30.5 Å². The van der Waals surface area contributed by atoms with E-state index in [9.17, 15) is 0 Å². The van der Waals surface area contributed by atoms with Gasteiger partial charge in [0.15, 0.2) is 11.5 Å². The number of methoxy groups -OCH3 is 1. The number of hydrogen-bond donors (Lipinski definition) is 1. The third-order valence-electron chi connectivity index (χ3n) is 3.77. The summed E-state index contributed by atoms with van der Waals surface area (Å²) in [7, 11) is 1.70. The Morgan fingerprint density at radius 3 is 2.84 bits per heavy atom. The van der Waals surface area contributed by atoms with E-state index in [2.05, 4.69) is 17.4 Å². The fourth-order valence-corrected chi connectivity index (χ4v) is 3.18. The molecule has 1 aromatic rings. The van der Waals surface area contributed by atoms with Gasteiger partial charge in [-0.25, -0.2) is 0 Å². The highest BCUT2D eigenvalue weighted by atomic mass is 32.2. The molecule has 2 fully saturated rings. The Hall–Kier alpha value is -0.870. The maximum Gasteiger partial charge on any atom is 0.161 e. The molecule has 0 aromatic heterocycles.